The van der Waals surface area contributed by atoms with Gasteiger partial charge in [-0.3, -0.25) is 0 Å². The lowest BCUT2D eigenvalue weighted by atomic mass is 10.0. The number of hydrogen-bond acceptors (Lipinski definition) is 3. The molecule has 18 heavy (non-hydrogen) atoms. The molecular formula is C14H22BrNO2. The molecule has 0 saturated heterocycles. The third kappa shape index (κ3) is 3.37. The van der Waals surface area contributed by atoms with Gasteiger partial charge >= 0.3 is 0 Å². The van der Waals surface area contributed by atoms with E-state index in [-0.39, 0.29) is 12.1 Å². The number of hydrogen-bond donors (Lipinski definition) is 1. The zero-order valence-corrected chi connectivity index (χ0v) is 12.7. The second-order valence-corrected chi connectivity index (χ2v) is 5.68. The molecule has 0 spiro atoms. The van der Waals surface area contributed by atoms with Crippen molar-refractivity contribution in [3.8, 4) is 0 Å². The molecule has 0 amide bonds. The average Bonchev–Trinajstić information content (AvgIpc) is 3.12. The van der Waals surface area contributed by atoms with Crippen molar-refractivity contribution in [3.63, 3.8) is 0 Å². The summed E-state index contributed by atoms with van der Waals surface area (Å²) in [6, 6.07) is 2.10. The molecule has 2 rings (SSSR count). The first kappa shape index (κ1) is 14.1. The molecule has 0 bridgehead atoms. The number of rotatable bonds is 8. The molecule has 3 nitrogen and oxygen atoms in total. The van der Waals surface area contributed by atoms with Crippen LogP contribution in [0.5, 0.6) is 0 Å². The number of nitrogens with one attached hydrogen (secondary N) is 1. The first-order valence-corrected chi connectivity index (χ1v) is 7.65. The second kappa shape index (κ2) is 6.73. The molecule has 1 fully saturated rings. The summed E-state index contributed by atoms with van der Waals surface area (Å²) in [6.45, 7) is 5.97. The number of ether oxygens (including phenoxy) is 1. The third-order valence-electron chi connectivity index (χ3n) is 3.32. The zero-order chi connectivity index (χ0) is 13.0. The molecule has 1 aliphatic carbocycles. The Morgan fingerprint density at radius 1 is 1.50 bits per heavy atom. The Balaban J connectivity index is 2.14. The molecule has 4 heteroatoms. The fourth-order valence-electron chi connectivity index (χ4n) is 2.31. The summed E-state index contributed by atoms with van der Waals surface area (Å²) in [5.41, 5.74) is 0. The molecule has 1 N–H and O–H groups in total. The highest BCUT2D eigenvalue weighted by Gasteiger charge is 2.39. The van der Waals surface area contributed by atoms with Crippen LogP contribution < -0.4 is 5.32 Å². The number of furan rings is 1. The van der Waals surface area contributed by atoms with Crippen molar-refractivity contribution in [2.45, 2.75) is 45.3 Å². The third-order valence-corrected chi connectivity index (χ3v) is 3.97. The van der Waals surface area contributed by atoms with Crippen LogP contribution in [0.15, 0.2) is 21.2 Å². The van der Waals surface area contributed by atoms with E-state index < -0.39 is 0 Å². The lowest BCUT2D eigenvalue weighted by Crippen LogP contribution is -2.36. The van der Waals surface area contributed by atoms with Crippen LogP contribution >= 0.6 is 15.9 Å². The van der Waals surface area contributed by atoms with E-state index in [9.17, 15) is 0 Å². The van der Waals surface area contributed by atoms with E-state index in [2.05, 4.69) is 35.1 Å². The van der Waals surface area contributed by atoms with Crippen molar-refractivity contribution in [3.05, 3.63) is 22.6 Å². The maximum atomic E-state index is 5.96. The van der Waals surface area contributed by atoms with E-state index in [4.69, 9.17) is 9.15 Å². The molecule has 0 aliphatic heterocycles. The SMILES string of the molecule is CCCNC(c1occc1Br)C(OCC)C1CC1. The van der Waals surface area contributed by atoms with Crippen LogP contribution in [0.3, 0.4) is 0 Å². The first-order chi connectivity index (χ1) is 8.77. The molecule has 2 unspecified atom stereocenters. The van der Waals surface area contributed by atoms with Crippen molar-refractivity contribution in [1.82, 2.24) is 5.32 Å². The molecule has 0 aromatic carbocycles. The van der Waals surface area contributed by atoms with Gasteiger partial charge in [0.25, 0.3) is 0 Å². The maximum Gasteiger partial charge on any atom is 0.137 e. The highest BCUT2D eigenvalue weighted by molar-refractivity contribution is 9.10. The Bertz CT molecular complexity index is 362. The Labute approximate surface area is 117 Å². The fourth-order valence-corrected chi connectivity index (χ4v) is 2.75. The summed E-state index contributed by atoms with van der Waals surface area (Å²) in [5, 5.41) is 3.57. The van der Waals surface area contributed by atoms with E-state index in [1.54, 1.807) is 6.26 Å². The molecule has 1 heterocycles. The van der Waals surface area contributed by atoms with Gasteiger partial charge in [-0.2, -0.15) is 0 Å². The normalized spacial score (nSPS) is 18.8. The van der Waals surface area contributed by atoms with Gasteiger partial charge in [-0.15, -0.1) is 0 Å². The van der Waals surface area contributed by atoms with Gasteiger partial charge in [-0.05, 0) is 60.6 Å². The molecule has 1 aliphatic rings. The summed E-state index contributed by atoms with van der Waals surface area (Å²) in [6.07, 6.45) is 5.61. The monoisotopic (exact) mass is 315 g/mol. The van der Waals surface area contributed by atoms with Gasteiger partial charge in [0.1, 0.15) is 5.76 Å². The van der Waals surface area contributed by atoms with E-state index in [1.165, 1.54) is 12.8 Å². The molecule has 2 atom stereocenters. The highest BCUT2D eigenvalue weighted by Crippen LogP contribution is 2.41. The van der Waals surface area contributed by atoms with Gasteiger partial charge in [0.2, 0.25) is 0 Å². The molecule has 1 aromatic rings. The molecule has 1 saturated carbocycles. The van der Waals surface area contributed by atoms with Crippen LogP contribution in [0, 0.1) is 5.92 Å². The predicted molar refractivity (Wildman–Crippen MR) is 75.6 cm³/mol. The van der Waals surface area contributed by atoms with Crippen molar-refractivity contribution in [2.24, 2.45) is 5.92 Å². The predicted octanol–water partition coefficient (Wildman–Crippen LogP) is 3.90. The Hall–Kier alpha value is -0.320. The summed E-state index contributed by atoms with van der Waals surface area (Å²) in [4.78, 5) is 0. The lowest BCUT2D eigenvalue weighted by Gasteiger charge is -2.27. The Morgan fingerprint density at radius 2 is 2.28 bits per heavy atom. The van der Waals surface area contributed by atoms with Crippen molar-refractivity contribution < 1.29 is 9.15 Å². The minimum absolute atomic E-state index is 0.154. The van der Waals surface area contributed by atoms with Crippen molar-refractivity contribution >= 4 is 15.9 Å². The minimum atomic E-state index is 0.154. The lowest BCUT2D eigenvalue weighted by molar-refractivity contribution is 0.0130. The maximum absolute atomic E-state index is 5.96. The van der Waals surface area contributed by atoms with Gasteiger partial charge < -0.3 is 14.5 Å². The van der Waals surface area contributed by atoms with Crippen LogP contribution in [0.2, 0.25) is 0 Å². The van der Waals surface area contributed by atoms with E-state index in [0.29, 0.717) is 5.92 Å². The van der Waals surface area contributed by atoms with Crippen LogP contribution in [0.4, 0.5) is 0 Å². The topological polar surface area (TPSA) is 34.4 Å². The van der Waals surface area contributed by atoms with Crippen LogP contribution in [0.1, 0.15) is 44.9 Å². The Kier molecular flexibility index (Phi) is 5.27. The average molecular weight is 316 g/mol. The van der Waals surface area contributed by atoms with Crippen LogP contribution in [0.25, 0.3) is 0 Å². The molecule has 102 valence electrons. The standard InChI is InChI=1S/C14H22BrNO2/c1-3-8-16-12(14-11(15)7-9-18-14)13(17-4-2)10-5-6-10/h7,9-10,12-13,16H,3-6,8H2,1-2H3. The quantitative estimate of drug-likeness (QED) is 0.790. The molecular weight excluding hydrogens is 294 g/mol. The minimum Gasteiger partial charge on any atom is -0.466 e. The summed E-state index contributed by atoms with van der Waals surface area (Å²) in [7, 11) is 0. The van der Waals surface area contributed by atoms with Crippen molar-refractivity contribution in [2.75, 3.05) is 13.2 Å². The zero-order valence-electron chi connectivity index (χ0n) is 11.1. The van der Waals surface area contributed by atoms with Crippen LogP contribution in [-0.4, -0.2) is 19.3 Å². The largest absolute Gasteiger partial charge is 0.466 e. The van der Waals surface area contributed by atoms with Gasteiger partial charge in [0.05, 0.1) is 22.9 Å². The van der Waals surface area contributed by atoms with Crippen LogP contribution in [-0.2, 0) is 4.74 Å². The van der Waals surface area contributed by atoms with E-state index in [1.807, 2.05) is 6.07 Å². The fraction of sp³-hybridized carbons (Fsp3) is 0.714. The van der Waals surface area contributed by atoms with Gasteiger partial charge in [0, 0.05) is 6.61 Å². The molecule has 1 aromatic heterocycles. The van der Waals surface area contributed by atoms with Gasteiger partial charge in [0.15, 0.2) is 0 Å². The van der Waals surface area contributed by atoms with E-state index in [0.717, 1.165) is 29.8 Å². The Morgan fingerprint density at radius 3 is 2.78 bits per heavy atom. The highest BCUT2D eigenvalue weighted by atomic mass is 79.9. The smallest absolute Gasteiger partial charge is 0.137 e. The van der Waals surface area contributed by atoms with E-state index >= 15 is 0 Å². The summed E-state index contributed by atoms with van der Waals surface area (Å²) >= 11 is 3.56. The molecule has 0 radical (unpaired) electrons. The van der Waals surface area contributed by atoms with Gasteiger partial charge in [-0.1, -0.05) is 6.92 Å². The second-order valence-electron chi connectivity index (χ2n) is 4.82. The first-order valence-electron chi connectivity index (χ1n) is 6.85. The summed E-state index contributed by atoms with van der Waals surface area (Å²) in [5.74, 6) is 1.64. The number of halogens is 1. The summed E-state index contributed by atoms with van der Waals surface area (Å²) < 4.78 is 12.6. The van der Waals surface area contributed by atoms with Gasteiger partial charge in [-0.25, -0.2) is 0 Å². The van der Waals surface area contributed by atoms with Crippen molar-refractivity contribution in [1.29, 1.82) is 0 Å².